The monoisotopic (exact) mass is 428 g/mol. The molecule has 2 aromatic rings. The first-order valence-electron chi connectivity index (χ1n) is 8.85. The average molecular weight is 429 g/mol. The van der Waals surface area contributed by atoms with E-state index in [-0.39, 0.29) is 23.5 Å². The van der Waals surface area contributed by atoms with Gasteiger partial charge in [0.2, 0.25) is 16.7 Å². The van der Waals surface area contributed by atoms with Crippen LogP contribution in [0.1, 0.15) is 25.0 Å². The van der Waals surface area contributed by atoms with Crippen LogP contribution in [0.25, 0.3) is 0 Å². The standard InChI is InChI=1S/C20H17ClN4O3S/c1-12(26)22-19-23-25(13(2)27)20(29-19)15-8-4-6-10-17(15)24(18(20)28)11-14-7-3-5-9-16(14)21/h3-10H,11H2,1-2H3,(H,22,23,26). The van der Waals surface area contributed by atoms with Gasteiger partial charge in [-0.25, -0.2) is 0 Å². The second-order valence-electron chi connectivity index (χ2n) is 6.66. The number of amidine groups is 1. The number of nitrogens with zero attached hydrogens (tertiary/aromatic N) is 3. The number of hydrazone groups is 1. The molecule has 1 N–H and O–H groups in total. The topological polar surface area (TPSA) is 82.1 Å². The largest absolute Gasteiger partial charge is 0.304 e. The Hall–Kier alpha value is -2.84. The number of fused-ring (bicyclic) bond motifs is 2. The molecule has 7 nitrogen and oxygen atoms in total. The Balaban J connectivity index is 1.81. The van der Waals surface area contributed by atoms with E-state index in [1.807, 2.05) is 36.4 Å². The van der Waals surface area contributed by atoms with E-state index in [2.05, 4.69) is 10.4 Å². The first kappa shape index (κ1) is 19.5. The second-order valence-corrected chi connectivity index (χ2v) is 8.25. The molecule has 29 heavy (non-hydrogen) atoms. The lowest BCUT2D eigenvalue weighted by atomic mass is 10.1. The summed E-state index contributed by atoms with van der Waals surface area (Å²) < 4.78 is 0. The van der Waals surface area contributed by atoms with Gasteiger partial charge in [-0.2, -0.15) is 5.01 Å². The number of nitrogens with one attached hydrogen (secondary N) is 1. The molecule has 2 aromatic carbocycles. The third-order valence-corrected chi connectivity index (χ3v) is 6.30. The quantitative estimate of drug-likeness (QED) is 0.797. The molecule has 1 unspecified atom stereocenters. The summed E-state index contributed by atoms with van der Waals surface area (Å²) in [6.45, 7) is 2.94. The van der Waals surface area contributed by atoms with Crippen molar-refractivity contribution in [3.8, 4) is 0 Å². The zero-order valence-corrected chi connectivity index (χ0v) is 17.3. The van der Waals surface area contributed by atoms with Crippen molar-refractivity contribution in [1.29, 1.82) is 0 Å². The van der Waals surface area contributed by atoms with Gasteiger partial charge in [0.1, 0.15) is 0 Å². The summed E-state index contributed by atoms with van der Waals surface area (Å²) in [5.41, 5.74) is 2.10. The smallest absolute Gasteiger partial charge is 0.271 e. The van der Waals surface area contributed by atoms with Gasteiger partial charge in [0.25, 0.3) is 5.91 Å². The predicted octanol–water partition coefficient (Wildman–Crippen LogP) is 3.04. The van der Waals surface area contributed by atoms with E-state index in [1.165, 1.54) is 13.8 Å². The van der Waals surface area contributed by atoms with Gasteiger partial charge in [-0.3, -0.25) is 14.4 Å². The summed E-state index contributed by atoms with van der Waals surface area (Å²) in [4.78, 5) is 37.9. The summed E-state index contributed by atoms with van der Waals surface area (Å²) in [5, 5.41) is 8.73. The highest BCUT2D eigenvalue weighted by Crippen LogP contribution is 2.54. The zero-order chi connectivity index (χ0) is 20.8. The molecule has 9 heteroatoms. The Kier molecular flexibility index (Phi) is 4.84. The van der Waals surface area contributed by atoms with Gasteiger partial charge in [-0.05, 0) is 29.5 Å². The fourth-order valence-corrected chi connectivity index (χ4v) is 5.05. The number of thioether (sulfide) groups is 1. The van der Waals surface area contributed by atoms with Crippen LogP contribution in [0.5, 0.6) is 0 Å². The maximum atomic E-state index is 13.7. The van der Waals surface area contributed by atoms with Crippen LogP contribution < -0.4 is 10.2 Å². The van der Waals surface area contributed by atoms with Crippen molar-refractivity contribution in [2.75, 3.05) is 4.90 Å². The summed E-state index contributed by atoms with van der Waals surface area (Å²) in [6, 6.07) is 14.6. The van der Waals surface area contributed by atoms with Crippen molar-refractivity contribution in [2.24, 2.45) is 5.10 Å². The summed E-state index contributed by atoms with van der Waals surface area (Å²) in [6.07, 6.45) is 0. The molecule has 0 fully saturated rings. The van der Waals surface area contributed by atoms with E-state index in [1.54, 1.807) is 17.0 Å². The second kappa shape index (κ2) is 7.20. The summed E-state index contributed by atoms with van der Waals surface area (Å²) in [7, 11) is 0. The number of hydrogen-bond donors (Lipinski definition) is 1. The maximum Gasteiger partial charge on any atom is 0.271 e. The molecule has 1 spiro atoms. The van der Waals surface area contributed by atoms with Crippen LogP contribution in [0.2, 0.25) is 5.02 Å². The van der Waals surface area contributed by atoms with Crippen LogP contribution in [0.4, 0.5) is 5.69 Å². The van der Waals surface area contributed by atoms with Crippen molar-refractivity contribution >= 4 is 51.9 Å². The van der Waals surface area contributed by atoms with Crippen LogP contribution in [0.15, 0.2) is 53.6 Å². The van der Waals surface area contributed by atoms with Crippen molar-refractivity contribution in [3.63, 3.8) is 0 Å². The molecular weight excluding hydrogens is 412 g/mol. The molecule has 0 bridgehead atoms. The van der Waals surface area contributed by atoms with Crippen molar-refractivity contribution in [2.45, 2.75) is 25.3 Å². The number of para-hydroxylation sites is 1. The molecule has 4 rings (SSSR count). The lowest BCUT2D eigenvalue weighted by molar-refractivity contribution is -0.139. The van der Waals surface area contributed by atoms with E-state index in [4.69, 9.17) is 11.6 Å². The molecule has 0 radical (unpaired) electrons. The summed E-state index contributed by atoms with van der Waals surface area (Å²) >= 11 is 7.36. The highest BCUT2D eigenvalue weighted by molar-refractivity contribution is 8.15. The number of carbonyl (C=O) groups excluding carboxylic acids is 3. The van der Waals surface area contributed by atoms with Crippen molar-refractivity contribution in [3.05, 3.63) is 64.7 Å². The van der Waals surface area contributed by atoms with Gasteiger partial charge in [0.05, 0.1) is 12.2 Å². The number of benzene rings is 2. The highest BCUT2D eigenvalue weighted by Gasteiger charge is 2.61. The lowest BCUT2D eigenvalue weighted by Crippen LogP contribution is -2.48. The number of rotatable bonds is 2. The molecule has 2 aliphatic heterocycles. The van der Waals surface area contributed by atoms with Gasteiger partial charge in [0.15, 0.2) is 5.17 Å². The number of hydrogen-bond acceptors (Lipinski definition) is 5. The molecule has 148 valence electrons. The Bertz CT molecular complexity index is 1070. The van der Waals surface area contributed by atoms with Crippen molar-refractivity contribution in [1.82, 2.24) is 10.3 Å². The minimum Gasteiger partial charge on any atom is -0.304 e. The van der Waals surface area contributed by atoms with E-state index in [0.717, 1.165) is 22.3 Å². The molecule has 2 heterocycles. The first-order valence-corrected chi connectivity index (χ1v) is 10.0. The van der Waals surface area contributed by atoms with Gasteiger partial charge < -0.3 is 10.2 Å². The Morgan fingerprint density at radius 1 is 1.14 bits per heavy atom. The number of carbonyl (C=O) groups is 3. The maximum absolute atomic E-state index is 13.7. The first-order chi connectivity index (χ1) is 13.8. The average Bonchev–Trinajstić information content (AvgIpc) is 3.16. The van der Waals surface area contributed by atoms with Crippen LogP contribution in [0, 0.1) is 0 Å². The van der Waals surface area contributed by atoms with Crippen LogP contribution in [-0.4, -0.2) is 27.9 Å². The van der Waals surface area contributed by atoms with E-state index < -0.39 is 10.8 Å². The van der Waals surface area contributed by atoms with E-state index in [9.17, 15) is 14.4 Å². The van der Waals surface area contributed by atoms with Crippen LogP contribution in [-0.2, 0) is 25.8 Å². The lowest BCUT2D eigenvalue weighted by Gasteiger charge is -2.29. The Labute approximate surface area is 176 Å². The van der Waals surface area contributed by atoms with Crippen LogP contribution in [0.3, 0.4) is 0 Å². The molecule has 3 amide bonds. The van der Waals surface area contributed by atoms with Crippen molar-refractivity contribution < 1.29 is 14.4 Å². The molecule has 0 saturated heterocycles. The Morgan fingerprint density at radius 3 is 2.52 bits per heavy atom. The SMILES string of the molecule is CC(=O)NC1=NN(C(C)=O)C2(S1)C(=O)N(Cc1ccccc1Cl)c1ccccc12. The minimum absolute atomic E-state index is 0.204. The third kappa shape index (κ3) is 3.08. The Morgan fingerprint density at radius 2 is 1.83 bits per heavy atom. The number of amides is 3. The fourth-order valence-electron chi connectivity index (χ4n) is 3.52. The number of halogens is 1. The normalized spacial score (nSPS) is 20.1. The summed E-state index contributed by atoms with van der Waals surface area (Å²) in [5.74, 6) is -1.05. The van der Waals surface area contributed by atoms with E-state index >= 15 is 0 Å². The molecule has 2 aliphatic rings. The van der Waals surface area contributed by atoms with Crippen LogP contribution >= 0.6 is 23.4 Å². The molecule has 0 aromatic heterocycles. The molecule has 1 atom stereocenters. The van der Waals surface area contributed by atoms with Gasteiger partial charge >= 0.3 is 0 Å². The molecule has 0 saturated carbocycles. The van der Waals surface area contributed by atoms with Gasteiger partial charge in [-0.1, -0.05) is 48.0 Å². The van der Waals surface area contributed by atoms with Gasteiger partial charge in [-0.15, -0.1) is 5.10 Å². The third-order valence-electron chi connectivity index (χ3n) is 4.70. The predicted molar refractivity (Wildman–Crippen MR) is 112 cm³/mol. The minimum atomic E-state index is -1.40. The highest BCUT2D eigenvalue weighted by atomic mass is 35.5. The van der Waals surface area contributed by atoms with E-state index in [0.29, 0.717) is 16.3 Å². The molecular formula is C20H17ClN4O3S. The number of anilines is 1. The zero-order valence-electron chi connectivity index (χ0n) is 15.7. The molecule has 0 aliphatic carbocycles. The van der Waals surface area contributed by atoms with Gasteiger partial charge in [0, 0.05) is 24.4 Å². The fraction of sp³-hybridized carbons (Fsp3) is 0.200.